The lowest BCUT2D eigenvalue weighted by Gasteiger charge is -2.38. The van der Waals surface area contributed by atoms with E-state index in [0.717, 1.165) is 12.5 Å². The van der Waals surface area contributed by atoms with Crippen molar-refractivity contribution in [2.24, 2.45) is 0 Å². The van der Waals surface area contributed by atoms with Gasteiger partial charge in [-0.2, -0.15) is 5.10 Å². The van der Waals surface area contributed by atoms with Crippen LogP contribution in [0.2, 0.25) is 0 Å². The van der Waals surface area contributed by atoms with Gasteiger partial charge in [0, 0.05) is 5.69 Å². The van der Waals surface area contributed by atoms with Gasteiger partial charge in [-0.25, -0.2) is 9.37 Å². The number of amides is 2. The van der Waals surface area contributed by atoms with Crippen LogP contribution in [0, 0.1) is 5.82 Å². The van der Waals surface area contributed by atoms with Gasteiger partial charge in [0.25, 0.3) is 0 Å². The third kappa shape index (κ3) is 2.78. The molecule has 1 aliphatic rings. The zero-order valence-electron chi connectivity index (χ0n) is 12.8. The summed E-state index contributed by atoms with van der Waals surface area (Å²) in [5, 5.41) is 11.7. The Hall–Kier alpha value is -3.03. The molecule has 8 heteroatoms. The molecule has 0 saturated heterocycles. The van der Waals surface area contributed by atoms with E-state index in [4.69, 9.17) is 0 Å². The Kier molecular flexibility index (Phi) is 4.11. The second-order valence-electron chi connectivity index (χ2n) is 5.61. The number of benzene rings is 1. The van der Waals surface area contributed by atoms with Crippen LogP contribution in [0.1, 0.15) is 25.1 Å². The predicted octanol–water partition coefficient (Wildman–Crippen LogP) is 2.13. The zero-order valence-corrected chi connectivity index (χ0v) is 12.8. The van der Waals surface area contributed by atoms with Gasteiger partial charge in [-0.05, 0) is 37.1 Å². The van der Waals surface area contributed by atoms with Crippen molar-refractivity contribution in [3.05, 3.63) is 48.8 Å². The van der Waals surface area contributed by atoms with Gasteiger partial charge in [-0.1, -0.05) is 13.0 Å². The van der Waals surface area contributed by atoms with Crippen LogP contribution in [-0.4, -0.2) is 27.0 Å². The van der Waals surface area contributed by atoms with Crippen LogP contribution in [0.5, 0.6) is 0 Å². The van der Waals surface area contributed by atoms with Crippen molar-refractivity contribution in [2.75, 3.05) is 10.6 Å². The molecular formula is C16H16FN5O2. The largest absolute Gasteiger partial charge is 0.325 e. The predicted molar refractivity (Wildman–Crippen MR) is 85.8 cm³/mol. The summed E-state index contributed by atoms with van der Waals surface area (Å²) in [6, 6.07) is 3.97. The smallest absolute Gasteiger partial charge is 0.247 e. The number of aromatic amines is 1. The summed E-state index contributed by atoms with van der Waals surface area (Å²) >= 11 is 0. The van der Waals surface area contributed by atoms with Crippen molar-refractivity contribution in [1.82, 2.24) is 15.2 Å². The fourth-order valence-electron chi connectivity index (χ4n) is 2.67. The first-order valence-electron chi connectivity index (χ1n) is 7.45. The van der Waals surface area contributed by atoms with Gasteiger partial charge in [0.1, 0.15) is 23.4 Å². The molecule has 1 fully saturated rings. The SMILES string of the molecule is C=CC(=O)Nc1cc(NC(=O)C2(c3ncn[nH]3)CCC2)ccc1F. The first-order valence-corrected chi connectivity index (χ1v) is 7.45. The molecule has 3 rings (SSSR count). The Morgan fingerprint density at radius 3 is 2.71 bits per heavy atom. The van der Waals surface area contributed by atoms with Gasteiger partial charge < -0.3 is 10.6 Å². The first-order chi connectivity index (χ1) is 11.5. The number of hydrogen-bond acceptors (Lipinski definition) is 4. The third-order valence-corrected chi connectivity index (χ3v) is 4.18. The highest BCUT2D eigenvalue weighted by Crippen LogP contribution is 2.42. The van der Waals surface area contributed by atoms with Crippen molar-refractivity contribution in [3.63, 3.8) is 0 Å². The summed E-state index contributed by atoms with van der Waals surface area (Å²) in [6.07, 6.45) is 4.64. The molecule has 0 spiro atoms. The number of nitrogens with one attached hydrogen (secondary N) is 3. The Labute approximate surface area is 137 Å². The second-order valence-corrected chi connectivity index (χ2v) is 5.61. The van der Waals surface area contributed by atoms with Crippen molar-refractivity contribution >= 4 is 23.2 Å². The molecule has 0 atom stereocenters. The molecule has 1 heterocycles. The lowest BCUT2D eigenvalue weighted by atomic mass is 9.67. The number of rotatable bonds is 5. The summed E-state index contributed by atoms with van der Waals surface area (Å²) in [5.74, 6) is -0.849. The number of carbonyl (C=O) groups excluding carboxylic acids is 2. The van der Waals surface area contributed by atoms with Gasteiger partial charge in [-0.3, -0.25) is 14.7 Å². The van der Waals surface area contributed by atoms with Crippen LogP contribution in [0.4, 0.5) is 15.8 Å². The van der Waals surface area contributed by atoms with Crippen LogP contribution in [0.25, 0.3) is 0 Å². The van der Waals surface area contributed by atoms with E-state index in [2.05, 4.69) is 32.4 Å². The average molecular weight is 329 g/mol. The van der Waals surface area contributed by atoms with Crippen LogP contribution in [0.3, 0.4) is 0 Å². The molecule has 1 saturated carbocycles. The van der Waals surface area contributed by atoms with E-state index in [1.807, 2.05) is 0 Å². The van der Waals surface area contributed by atoms with E-state index < -0.39 is 17.1 Å². The lowest BCUT2D eigenvalue weighted by molar-refractivity contribution is -0.124. The Morgan fingerprint density at radius 2 is 2.12 bits per heavy atom. The Bertz CT molecular complexity index is 784. The quantitative estimate of drug-likeness (QED) is 0.732. The molecule has 3 N–H and O–H groups in total. The molecule has 7 nitrogen and oxygen atoms in total. The highest BCUT2D eigenvalue weighted by molar-refractivity contribution is 6.01. The normalized spacial score (nSPS) is 15.2. The van der Waals surface area contributed by atoms with Gasteiger partial charge >= 0.3 is 0 Å². The molecule has 0 aliphatic heterocycles. The van der Waals surface area contributed by atoms with Crippen LogP contribution in [0.15, 0.2) is 37.2 Å². The molecule has 1 aromatic carbocycles. The number of nitrogens with zero attached hydrogens (tertiary/aromatic N) is 2. The second kappa shape index (κ2) is 6.23. The van der Waals surface area contributed by atoms with Crippen LogP contribution in [-0.2, 0) is 15.0 Å². The molecule has 24 heavy (non-hydrogen) atoms. The lowest BCUT2D eigenvalue weighted by Crippen LogP contribution is -2.46. The molecular weight excluding hydrogens is 313 g/mol. The monoisotopic (exact) mass is 329 g/mol. The summed E-state index contributed by atoms with van der Waals surface area (Å²) < 4.78 is 13.8. The maximum atomic E-state index is 13.8. The number of H-pyrrole nitrogens is 1. The van der Waals surface area contributed by atoms with Gasteiger partial charge in [0.15, 0.2) is 0 Å². The summed E-state index contributed by atoms with van der Waals surface area (Å²) in [4.78, 5) is 28.1. The fraction of sp³-hybridized carbons (Fsp3) is 0.250. The number of carbonyl (C=O) groups is 2. The third-order valence-electron chi connectivity index (χ3n) is 4.18. The number of hydrogen-bond donors (Lipinski definition) is 3. The first kappa shape index (κ1) is 15.9. The van der Waals surface area contributed by atoms with E-state index in [-0.39, 0.29) is 11.6 Å². The highest BCUT2D eigenvalue weighted by Gasteiger charge is 2.48. The molecule has 0 unspecified atom stereocenters. The van der Waals surface area contributed by atoms with E-state index >= 15 is 0 Å². The molecule has 2 aromatic rings. The zero-order chi connectivity index (χ0) is 17.2. The molecule has 0 radical (unpaired) electrons. The van der Waals surface area contributed by atoms with Crippen molar-refractivity contribution in [2.45, 2.75) is 24.7 Å². The van der Waals surface area contributed by atoms with Crippen molar-refractivity contribution < 1.29 is 14.0 Å². The minimum atomic E-state index is -0.741. The van der Waals surface area contributed by atoms with Crippen LogP contribution >= 0.6 is 0 Å². The van der Waals surface area contributed by atoms with E-state index in [9.17, 15) is 14.0 Å². The summed E-state index contributed by atoms with van der Waals surface area (Å²) in [6.45, 7) is 3.32. The fourth-order valence-corrected chi connectivity index (χ4v) is 2.67. The minimum absolute atomic E-state index is 0.0278. The van der Waals surface area contributed by atoms with Crippen molar-refractivity contribution in [3.8, 4) is 0 Å². The number of aromatic nitrogens is 3. The molecule has 2 amide bonds. The van der Waals surface area contributed by atoms with Gasteiger partial charge in [0.05, 0.1) is 5.69 Å². The highest BCUT2D eigenvalue weighted by atomic mass is 19.1. The molecule has 124 valence electrons. The van der Waals surface area contributed by atoms with Crippen LogP contribution < -0.4 is 10.6 Å². The maximum Gasteiger partial charge on any atom is 0.247 e. The summed E-state index contributed by atoms with van der Waals surface area (Å²) in [7, 11) is 0. The summed E-state index contributed by atoms with van der Waals surface area (Å²) in [5.41, 5.74) is -0.387. The number of anilines is 2. The number of halogens is 1. The topological polar surface area (TPSA) is 99.8 Å². The maximum absolute atomic E-state index is 13.8. The van der Waals surface area contributed by atoms with Gasteiger partial charge in [0.2, 0.25) is 11.8 Å². The van der Waals surface area contributed by atoms with E-state index in [0.29, 0.717) is 24.4 Å². The Balaban J connectivity index is 1.80. The minimum Gasteiger partial charge on any atom is -0.325 e. The van der Waals surface area contributed by atoms with E-state index in [1.165, 1.54) is 24.5 Å². The standard InChI is InChI=1S/C16H16FN5O2/c1-2-13(23)21-12-8-10(4-5-11(12)17)20-15(24)16(6-3-7-16)14-18-9-19-22-14/h2,4-5,8-9H,1,3,6-7H2,(H,20,24)(H,21,23)(H,18,19,22). The van der Waals surface area contributed by atoms with Gasteiger partial charge in [-0.15, -0.1) is 0 Å². The Morgan fingerprint density at radius 1 is 1.33 bits per heavy atom. The van der Waals surface area contributed by atoms with Crippen molar-refractivity contribution in [1.29, 1.82) is 0 Å². The molecule has 1 aromatic heterocycles. The average Bonchev–Trinajstić information content (AvgIpc) is 3.04. The molecule has 1 aliphatic carbocycles. The van der Waals surface area contributed by atoms with E-state index in [1.54, 1.807) is 0 Å². The molecule has 0 bridgehead atoms.